The fourth-order valence-electron chi connectivity index (χ4n) is 2.11. The number of carbonyl (C=O) groups is 1. The molecule has 3 heteroatoms. The SMILES string of the molecule is Cc1ccc(C(=O)NCc2ccccc2COC(C)C)cc1. The topological polar surface area (TPSA) is 38.3 Å². The molecule has 0 saturated carbocycles. The average molecular weight is 297 g/mol. The van der Waals surface area contributed by atoms with E-state index in [0.29, 0.717) is 18.7 Å². The van der Waals surface area contributed by atoms with E-state index in [0.717, 1.165) is 16.7 Å². The first-order valence-electron chi connectivity index (χ1n) is 7.59. The minimum absolute atomic E-state index is 0.0559. The lowest BCUT2D eigenvalue weighted by molar-refractivity contribution is 0.0651. The van der Waals surface area contributed by atoms with Crippen LogP contribution in [0.5, 0.6) is 0 Å². The first kappa shape index (κ1) is 16.2. The fraction of sp³-hybridized carbons (Fsp3) is 0.316. The van der Waals surface area contributed by atoms with E-state index in [1.807, 2.05) is 69.3 Å². The van der Waals surface area contributed by atoms with Gasteiger partial charge in [-0.15, -0.1) is 0 Å². The van der Waals surface area contributed by atoms with Gasteiger partial charge >= 0.3 is 0 Å². The van der Waals surface area contributed by atoms with Crippen molar-refractivity contribution in [3.63, 3.8) is 0 Å². The molecule has 0 unspecified atom stereocenters. The van der Waals surface area contributed by atoms with Gasteiger partial charge in [-0.25, -0.2) is 0 Å². The number of hydrogen-bond acceptors (Lipinski definition) is 2. The van der Waals surface area contributed by atoms with E-state index >= 15 is 0 Å². The van der Waals surface area contributed by atoms with Gasteiger partial charge in [0.2, 0.25) is 0 Å². The van der Waals surface area contributed by atoms with E-state index in [9.17, 15) is 4.79 Å². The quantitative estimate of drug-likeness (QED) is 0.879. The molecule has 0 spiro atoms. The standard InChI is InChI=1S/C19H23NO2/c1-14(2)22-13-18-7-5-4-6-17(18)12-20-19(21)16-10-8-15(3)9-11-16/h4-11,14H,12-13H2,1-3H3,(H,20,21). The van der Waals surface area contributed by atoms with Crippen LogP contribution in [0.1, 0.15) is 40.9 Å². The molecule has 116 valence electrons. The summed E-state index contributed by atoms with van der Waals surface area (Å²) in [7, 11) is 0. The van der Waals surface area contributed by atoms with E-state index < -0.39 is 0 Å². The molecule has 1 N–H and O–H groups in total. The zero-order valence-corrected chi connectivity index (χ0v) is 13.4. The van der Waals surface area contributed by atoms with E-state index in [-0.39, 0.29) is 12.0 Å². The van der Waals surface area contributed by atoms with Crippen LogP contribution in [0.25, 0.3) is 0 Å². The molecule has 2 aromatic carbocycles. The summed E-state index contributed by atoms with van der Waals surface area (Å²) in [6.45, 7) is 7.11. The van der Waals surface area contributed by atoms with Crippen molar-refractivity contribution in [3.05, 3.63) is 70.8 Å². The lowest BCUT2D eigenvalue weighted by Gasteiger charge is -2.13. The summed E-state index contributed by atoms with van der Waals surface area (Å²) in [5, 5.41) is 2.97. The van der Waals surface area contributed by atoms with E-state index in [1.165, 1.54) is 0 Å². The first-order chi connectivity index (χ1) is 10.6. The summed E-state index contributed by atoms with van der Waals surface area (Å²) < 4.78 is 5.66. The van der Waals surface area contributed by atoms with Crippen LogP contribution < -0.4 is 5.32 Å². The van der Waals surface area contributed by atoms with E-state index in [2.05, 4.69) is 5.32 Å². The average Bonchev–Trinajstić information content (AvgIpc) is 2.52. The van der Waals surface area contributed by atoms with Gasteiger partial charge in [0.05, 0.1) is 12.7 Å². The summed E-state index contributed by atoms with van der Waals surface area (Å²) in [5.41, 5.74) is 4.03. The monoisotopic (exact) mass is 297 g/mol. The van der Waals surface area contributed by atoms with E-state index in [1.54, 1.807) is 0 Å². The maximum absolute atomic E-state index is 12.2. The number of rotatable bonds is 6. The molecule has 0 saturated heterocycles. The number of benzene rings is 2. The molecule has 0 aromatic heterocycles. The molecule has 1 amide bonds. The minimum Gasteiger partial charge on any atom is -0.374 e. The van der Waals surface area contributed by atoms with Crippen LogP contribution in [0.2, 0.25) is 0 Å². The Morgan fingerprint density at radius 1 is 1.05 bits per heavy atom. The van der Waals surface area contributed by atoms with Gasteiger partial charge < -0.3 is 10.1 Å². The van der Waals surface area contributed by atoms with Crippen LogP contribution in [0.3, 0.4) is 0 Å². The van der Waals surface area contributed by atoms with Crippen LogP contribution in [-0.4, -0.2) is 12.0 Å². The molecule has 0 aliphatic heterocycles. The second kappa shape index (κ2) is 7.76. The highest BCUT2D eigenvalue weighted by atomic mass is 16.5. The van der Waals surface area contributed by atoms with Crippen molar-refractivity contribution in [3.8, 4) is 0 Å². The Kier molecular flexibility index (Phi) is 5.73. The third-order valence-corrected chi connectivity index (χ3v) is 3.44. The number of ether oxygens (including phenoxy) is 1. The number of amides is 1. The van der Waals surface area contributed by atoms with Crippen molar-refractivity contribution >= 4 is 5.91 Å². The van der Waals surface area contributed by atoms with Gasteiger partial charge in [-0.1, -0.05) is 42.0 Å². The Labute approximate surface area is 132 Å². The third-order valence-electron chi connectivity index (χ3n) is 3.44. The normalized spacial score (nSPS) is 10.7. The molecule has 2 rings (SSSR count). The van der Waals surface area contributed by atoms with Crippen molar-refractivity contribution < 1.29 is 9.53 Å². The maximum atomic E-state index is 12.2. The zero-order chi connectivity index (χ0) is 15.9. The molecule has 0 fully saturated rings. The zero-order valence-electron chi connectivity index (χ0n) is 13.4. The molecular weight excluding hydrogens is 274 g/mol. The highest BCUT2D eigenvalue weighted by molar-refractivity contribution is 5.94. The van der Waals surface area contributed by atoms with Crippen molar-refractivity contribution in [1.82, 2.24) is 5.32 Å². The van der Waals surface area contributed by atoms with Gasteiger partial charge in [0.25, 0.3) is 5.91 Å². The Morgan fingerprint density at radius 2 is 1.68 bits per heavy atom. The molecule has 2 aromatic rings. The highest BCUT2D eigenvalue weighted by Gasteiger charge is 2.07. The molecule has 0 aliphatic carbocycles. The lowest BCUT2D eigenvalue weighted by Crippen LogP contribution is -2.23. The van der Waals surface area contributed by atoms with Crippen LogP contribution in [0.15, 0.2) is 48.5 Å². The van der Waals surface area contributed by atoms with Gasteiger partial charge in [0.1, 0.15) is 0 Å². The third kappa shape index (κ3) is 4.71. The van der Waals surface area contributed by atoms with Crippen molar-refractivity contribution in [2.45, 2.75) is 40.0 Å². The predicted octanol–water partition coefficient (Wildman–Crippen LogP) is 3.85. The molecule has 0 radical (unpaired) electrons. The molecule has 0 aliphatic rings. The number of nitrogens with one attached hydrogen (secondary N) is 1. The lowest BCUT2D eigenvalue weighted by atomic mass is 10.1. The molecule has 0 bridgehead atoms. The minimum atomic E-state index is -0.0559. The van der Waals surface area contributed by atoms with Crippen molar-refractivity contribution in [2.75, 3.05) is 0 Å². The summed E-state index contributed by atoms with van der Waals surface area (Å²) in [6, 6.07) is 15.6. The van der Waals surface area contributed by atoms with Crippen LogP contribution >= 0.6 is 0 Å². The summed E-state index contributed by atoms with van der Waals surface area (Å²) in [5.74, 6) is -0.0559. The van der Waals surface area contributed by atoms with Gasteiger partial charge in [0, 0.05) is 12.1 Å². The Balaban J connectivity index is 1.99. The molecule has 22 heavy (non-hydrogen) atoms. The van der Waals surface area contributed by atoms with Gasteiger partial charge in [0.15, 0.2) is 0 Å². The van der Waals surface area contributed by atoms with Crippen molar-refractivity contribution in [2.24, 2.45) is 0 Å². The van der Waals surface area contributed by atoms with Gasteiger partial charge in [-0.2, -0.15) is 0 Å². The van der Waals surface area contributed by atoms with E-state index in [4.69, 9.17) is 4.74 Å². The number of carbonyl (C=O) groups excluding carboxylic acids is 1. The van der Waals surface area contributed by atoms with Gasteiger partial charge in [-0.3, -0.25) is 4.79 Å². The first-order valence-corrected chi connectivity index (χ1v) is 7.59. The Bertz CT molecular complexity index is 618. The summed E-state index contributed by atoms with van der Waals surface area (Å²) in [6.07, 6.45) is 0.190. The Morgan fingerprint density at radius 3 is 2.32 bits per heavy atom. The fourth-order valence-corrected chi connectivity index (χ4v) is 2.11. The number of hydrogen-bond donors (Lipinski definition) is 1. The number of aryl methyl sites for hydroxylation is 1. The van der Waals surface area contributed by atoms with Gasteiger partial charge in [-0.05, 0) is 44.0 Å². The molecule has 0 heterocycles. The second-order valence-corrected chi connectivity index (χ2v) is 5.68. The maximum Gasteiger partial charge on any atom is 0.251 e. The van der Waals surface area contributed by atoms with Crippen LogP contribution in [-0.2, 0) is 17.9 Å². The molecular formula is C19H23NO2. The smallest absolute Gasteiger partial charge is 0.251 e. The van der Waals surface area contributed by atoms with Crippen molar-refractivity contribution in [1.29, 1.82) is 0 Å². The highest BCUT2D eigenvalue weighted by Crippen LogP contribution is 2.12. The Hall–Kier alpha value is -2.13. The largest absolute Gasteiger partial charge is 0.374 e. The molecule has 0 atom stereocenters. The summed E-state index contributed by atoms with van der Waals surface area (Å²) in [4.78, 5) is 12.2. The predicted molar refractivity (Wildman–Crippen MR) is 88.7 cm³/mol. The summed E-state index contributed by atoms with van der Waals surface area (Å²) >= 11 is 0. The van der Waals surface area contributed by atoms with Crippen LogP contribution in [0.4, 0.5) is 0 Å². The molecule has 3 nitrogen and oxygen atoms in total. The second-order valence-electron chi connectivity index (χ2n) is 5.68. The van der Waals surface area contributed by atoms with Crippen LogP contribution in [0, 0.1) is 6.92 Å².